The molecule has 0 radical (unpaired) electrons. The smallest absolute Gasteiger partial charge is 0.313 e. The highest BCUT2D eigenvalue weighted by atomic mass is 35.5. The van der Waals surface area contributed by atoms with Crippen molar-refractivity contribution < 1.29 is 14.7 Å². The van der Waals surface area contributed by atoms with Gasteiger partial charge in [-0.1, -0.05) is 37.0 Å². The average Bonchev–Trinajstić information content (AvgIpc) is 2.42. The zero-order valence-electron chi connectivity index (χ0n) is 11.8. The van der Waals surface area contributed by atoms with Crippen molar-refractivity contribution in [3.8, 4) is 0 Å². The van der Waals surface area contributed by atoms with E-state index < -0.39 is 11.8 Å². The second-order valence-corrected chi connectivity index (χ2v) is 5.76. The summed E-state index contributed by atoms with van der Waals surface area (Å²) >= 11 is 11.7. The molecule has 0 saturated heterocycles. The first-order chi connectivity index (χ1) is 9.85. The molecule has 0 saturated carbocycles. The Morgan fingerprint density at radius 2 is 1.90 bits per heavy atom. The first-order valence-corrected chi connectivity index (χ1v) is 7.28. The minimum Gasteiger partial charge on any atom is -0.396 e. The van der Waals surface area contributed by atoms with Crippen molar-refractivity contribution in [1.29, 1.82) is 0 Å². The molecule has 0 aliphatic carbocycles. The Morgan fingerprint density at radius 3 is 2.48 bits per heavy atom. The van der Waals surface area contributed by atoms with Gasteiger partial charge in [0.05, 0.1) is 10.7 Å². The summed E-state index contributed by atoms with van der Waals surface area (Å²) in [7, 11) is 0. The van der Waals surface area contributed by atoms with Crippen LogP contribution in [0.25, 0.3) is 0 Å². The molecule has 1 rings (SSSR count). The molecule has 0 spiro atoms. The predicted octanol–water partition coefficient (Wildman–Crippen LogP) is 2.46. The molecule has 0 heterocycles. The largest absolute Gasteiger partial charge is 0.396 e. The van der Waals surface area contributed by atoms with Crippen molar-refractivity contribution in [2.45, 2.75) is 26.3 Å². The number of carbonyl (C=O) groups is 2. The van der Waals surface area contributed by atoms with E-state index in [-0.39, 0.29) is 29.3 Å². The molecule has 0 fully saturated rings. The Morgan fingerprint density at radius 1 is 1.24 bits per heavy atom. The van der Waals surface area contributed by atoms with Crippen molar-refractivity contribution in [3.05, 3.63) is 28.2 Å². The lowest BCUT2D eigenvalue weighted by atomic mass is 10.0. The third kappa shape index (κ3) is 5.53. The fourth-order valence-corrected chi connectivity index (χ4v) is 2.05. The lowest BCUT2D eigenvalue weighted by Crippen LogP contribution is -2.44. The maximum Gasteiger partial charge on any atom is 0.313 e. The normalized spacial score (nSPS) is 12.1. The molecule has 5 nitrogen and oxygen atoms in total. The topological polar surface area (TPSA) is 78.4 Å². The van der Waals surface area contributed by atoms with Gasteiger partial charge in [-0.05, 0) is 30.5 Å². The third-order valence-corrected chi connectivity index (χ3v) is 3.51. The van der Waals surface area contributed by atoms with E-state index >= 15 is 0 Å². The van der Waals surface area contributed by atoms with Crippen LogP contribution in [0.4, 0.5) is 5.69 Å². The minimum atomic E-state index is -0.831. The number of hydrogen-bond acceptors (Lipinski definition) is 3. The number of benzene rings is 1. The van der Waals surface area contributed by atoms with E-state index in [1.54, 1.807) is 6.07 Å². The van der Waals surface area contributed by atoms with Gasteiger partial charge in [-0.25, -0.2) is 0 Å². The monoisotopic (exact) mass is 332 g/mol. The minimum absolute atomic E-state index is 0.0646. The van der Waals surface area contributed by atoms with E-state index in [0.717, 1.165) is 0 Å². The second-order valence-electron chi connectivity index (χ2n) is 4.91. The van der Waals surface area contributed by atoms with Crippen molar-refractivity contribution in [3.63, 3.8) is 0 Å². The summed E-state index contributed by atoms with van der Waals surface area (Å²) in [6, 6.07) is 4.29. The number of nitrogens with one attached hydrogen (secondary N) is 2. The number of aliphatic hydroxyl groups excluding tert-OH is 1. The van der Waals surface area contributed by atoms with Gasteiger partial charge < -0.3 is 15.7 Å². The number of rotatable bonds is 5. The SMILES string of the molecule is CC(C)C(CCO)NC(=O)C(=O)Nc1cc(Cl)ccc1Cl. The highest BCUT2D eigenvalue weighted by Gasteiger charge is 2.21. The van der Waals surface area contributed by atoms with Crippen molar-refractivity contribution >= 4 is 40.7 Å². The molecule has 1 aromatic rings. The molecule has 21 heavy (non-hydrogen) atoms. The number of amides is 2. The zero-order chi connectivity index (χ0) is 16.0. The van der Waals surface area contributed by atoms with Gasteiger partial charge >= 0.3 is 11.8 Å². The summed E-state index contributed by atoms with van der Waals surface area (Å²) in [6.45, 7) is 3.73. The van der Waals surface area contributed by atoms with Gasteiger partial charge in [0, 0.05) is 17.7 Å². The number of hydrogen-bond donors (Lipinski definition) is 3. The van der Waals surface area contributed by atoms with Crippen LogP contribution in [0.3, 0.4) is 0 Å². The van der Waals surface area contributed by atoms with Gasteiger partial charge in [-0.15, -0.1) is 0 Å². The third-order valence-electron chi connectivity index (χ3n) is 2.94. The zero-order valence-corrected chi connectivity index (χ0v) is 13.3. The molecule has 0 bridgehead atoms. The molecule has 0 aliphatic heterocycles. The van der Waals surface area contributed by atoms with Crippen LogP contribution < -0.4 is 10.6 Å². The van der Waals surface area contributed by atoms with Crippen molar-refractivity contribution in [2.24, 2.45) is 5.92 Å². The summed E-state index contributed by atoms with van der Waals surface area (Å²) in [5, 5.41) is 14.6. The molecule has 1 unspecified atom stereocenters. The van der Waals surface area contributed by atoms with Crippen LogP contribution in [-0.2, 0) is 9.59 Å². The van der Waals surface area contributed by atoms with Gasteiger partial charge in [0.15, 0.2) is 0 Å². The van der Waals surface area contributed by atoms with Crippen LogP contribution in [0.1, 0.15) is 20.3 Å². The standard InChI is InChI=1S/C14H18Cl2N2O3/c1-8(2)11(5-6-19)17-13(20)14(21)18-12-7-9(15)3-4-10(12)16/h3-4,7-8,11,19H,5-6H2,1-2H3,(H,17,20)(H,18,21). The van der Waals surface area contributed by atoms with Gasteiger partial charge in [0.2, 0.25) is 0 Å². The lowest BCUT2D eigenvalue weighted by Gasteiger charge is -2.21. The van der Waals surface area contributed by atoms with Gasteiger partial charge in [-0.3, -0.25) is 9.59 Å². The maximum absolute atomic E-state index is 11.9. The van der Waals surface area contributed by atoms with E-state index in [0.29, 0.717) is 11.4 Å². The summed E-state index contributed by atoms with van der Waals surface area (Å²) in [5.41, 5.74) is 0.271. The highest BCUT2D eigenvalue weighted by molar-refractivity contribution is 6.42. The second kappa shape index (κ2) is 8.22. The van der Waals surface area contributed by atoms with E-state index in [4.69, 9.17) is 28.3 Å². The molecule has 2 amide bonds. The Hall–Kier alpha value is -1.30. The molecule has 0 aliphatic rings. The predicted molar refractivity (Wildman–Crippen MR) is 83.6 cm³/mol. The van der Waals surface area contributed by atoms with Gasteiger partial charge in [0.1, 0.15) is 0 Å². The molecule has 1 aromatic carbocycles. The Bertz CT molecular complexity index is 521. The molecule has 0 aromatic heterocycles. The molecular formula is C14H18Cl2N2O3. The molecule has 116 valence electrons. The first kappa shape index (κ1) is 17.8. The number of aliphatic hydroxyl groups is 1. The molecule has 3 N–H and O–H groups in total. The van der Waals surface area contributed by atoms with Crippen LogP contribution in [0.15, 0.2) is 18.2 Å². The van der Waals surface area contributed by atoms with Crippen LogP contribution >= 0.6 is 23.2 Å². The van der Waals surface area contributed by atoms with Crippen LogP contribution in [-0.4, -0.2) is 29.6 Å². The number of anilines is 1. The molecule has 1 atom stereocenters. The van der Waals surface area contributed by atoms with Crippen LogP contribution in [0.2, 0.25) is 10.0 Å². The lowest BCUT2D eigenvalue weighted by molar-refractivity contribution is -0.136. The quantitative estimate of drug-likeness (QED) is 0.724. The summed E-state index contributed by atoms with van der Waals surface area (Å²) in [5.74, 6) is -1.51. The fourth-order valence-electron chi connectivity index (χ4n) is 1.72. The molecule has 7 heteroatoms. The van der Waals surface area contributed by atoms with Crippen LogP contribution in [0.5, 0.6) is 0 Å². The number of carbonyl (C=O) groups excluding carboxylic acids is 2. The van der Waals surface area contributed by atoms with E-state index in [1.807, 2.05) is 13.8 Å². The van der Waals surface area contributed by atoms with Gasteiger partial charge in [-0.2, -0.15) is 0 Å². The van der Waals surface area contributed by atoms with Crippen molar-refractivity contribution in [2.75, 3.05) is 11.9 Å². The Labute approximate surface area is 133 Å². The van der Waals surface area contributed by atoms with Gasteiger partial charge in [0.25, 0.3) is 0 Å². The summed E-state index contributed by atoms with van der Waals surface area (Å²) < 4.78 is 0. The number of halogens is 2. The average molecular weight is 333 g/mol. The maximum atomic E-state index is 11.9. The highest BCUT2D eigenvalue weighted by Crippen LogP contribution is 2.25. The first-order valence-electron chi connectivity index (χ1n) is 6.53. The van der Waals surface area contributed by atoms with Crippen molar-refractivity contribution in [1.82, 2.24) is 5.32 Å². The molecular weight excluding hydrogens is 315 g/mol. The van der Waals surface area contributed by atoms with Crippen LogP contribution in [0, 0.1) is 5.92 Å². The summed E-state index contributed by atoms with van der Waals surface area (Å²) in [6.07, 6.45) is 0.384. The van der Waals surface area contributed by atoms with E-state index in [1.165, 1.54) is 12.1 Å². The summed E-state index contributed by atoms with van der Waals surface area (Å²) in [4.78, 5) is 23.7. The fraction of sp³-hybridized carbons (Fsp3) is 0.429. The Balaban J connectivity index is 2.70. The van der Waals surface area contributed by atoms with E-state index in [2.05, 4.69) is 10.6 Å². The Kier molecular flexibility index (Phi) is 6.95. The van der Waals surface area contributed by atoms with E-state index in [9.17, 15) is 9.59 Å².